The monoisotopic (exact) mass is 442 g/mol. The third-order valence-corrected chi connectivity index (χ3v) is 7.55. The number of hydrogen-bond donors (Lipinski definition) is 2. The number of hydrazine groups is 1. The Balaban J connectivity index is 1.43. The number of hydrogen-bond acceptors (Lipinski definition) is 5. The number of imidazole rings is 1. The molecule has 1 aromatic heterocycles. The summed E-state index contributed by atoms with van der Waals surface area (Å²) in [6, 6.07) is 24.3. The fraction of sp³-hybridized carbons (Fsp3) is 0.200. The van der Waals surface area contributed by atoms with Gasteiger partial charge in [-0.3, -0.25) is 10.2 Å². The van der Waals surface area contributed by atoms with E-state index < -0.39 is 4.87 Å². The van der Waals surface area contributed by atoms with Crippen molar-refractivity contribution >= 4 is 34.7 Å². The number of amides is 1. The number of carbonyl (C=O) groups excluding carboxylic acids is 1. The van der Waals surface area contributed by atoms with Gasteiger partial charge in [0.15, 0.2) is 0 Å². The summed E-state index contributed by atoms with van der Waals surface area (Å²) in [6.07, 6.45) is 0.476. The molecule has 3 heterocycles. The van der Waals surface area contributed by atoms with Gasteiger partial charge in [0.1, 0.15) is 16.7 Å². The average molecular weight is 443 g/mol. The number of benzene rings is 3. The van der Waals surface area contributed by atoms with Crippen LogP contribution in [0.5, 0.6) is 5.75 Å². The molecule has 1 saturated heterocycles. The third-order valence-electron chi connectivity index (χ3n) is 6.11. The lowest BCUT2D eigenvalue weighted by atomic mass is 9.91. The minimum atomic E-state index is -0.596. The summed E-state index contributed by atoms with van der Waals surface area (Å²) < 4.78 is 6.40. The molecule has 32 heavy (non-hydrogen) atoms. The zero-order valence-electron chi connectivity index (χ0n) is 17.5. The largest absolute Gasteiger partial charge is 0.485 e. The number of ether oxygens (including phenoxy) is 1. The van der Waals surface area contributed by atoms with Crippen LogP contribution in [-0.4, -0.2) is 26.6 Å². The van der Waals surface area contributed by atoms with Gasteiger partial charge >= 0.3 is 0 Å². The van der Waals surface area contributed by atoms with Crippen LogP contribution in [0.2, 0.25) is 0 Å². The minimum absolute atomic E-state index is 0.0233. The van der Waals surface area contributed by atoms with Crippen LogP contribution in [0.3, 0.4) is 0 Å². The number of carbonyl (C=O) groups is 1. The maximum Gasteiger partial charge on any atom is 0.252 e. The van der Waals surface area contributed by atoms with E-state index in [1.54, 1.807) is 16.8 Å². The van der Waals surface area contributed by atoms with E-state index in [0.29, 0.717) is 18.1 Å². The Morgan fingerprint density at radius 3 is 2.81 bits per heavy atom. The SMILES string of the molecule is Cc1ccc2nc(NN3C(=O)CSC34CC(c3ccccc3)Oc3ccccc34)[nH]c2c1. The lowest BCUT2D eigenvalue weighted by Gasteiger charge is -2.44. The van der Waals surface area contributed by atoms with Crippen molar-refractivity contribution in [1.82, 2.24) is 15.0 Å². The van der Waals surface area contributed by atoms with Crippen molar-refractivity contribution in [3.05, 3.63) is 89.5 Å². The average Bonchev–Trinajstić information content (AvgIpc) is 3.36. The molecule has 0 bridgehead atoms. The molecule has 1 spiro atoms. The molecule has 2 aliphatic heterocycles. The topological polar surface area (TPSA) is 70.2 Å². The fourth-order valence-corrected chi connectivity index (χ4v) is 5.96. The Kier molecular flexibility index (Phi) is 4.40. The first-order valence-corrected chi connectivity index (χ1v) is 11.6. The molecule has 2 N–H and O–H groups in total. The second kappa shape index (κ2) is 7.31. The van der Waals surface area contributed by atoms with Crippen LogP contribution in [0.15, 0.2) is 72.8 Å². The summed E-state index contributed by atoms with van der Waals surface area (Å²) in [5.74, 6) is 1.78. The molecular weight excluding hydrogens is 420 g/mol. The van der Waals surface area contributed by atoms with Crippen LogP contribution in [-0.2, 0) is 9.67 Å². The van der Waals surface area contributed by atoms with Gasteiger partial charge in [0.25, 0.3) is 5.91 Å². The predicted octanol–water partition coefficient (Wildman–Crippen LogP) is 5.15. The van der Waals surface area contributed by atoms with Gasteiger partial charge in [-0.2, -0.15) is 0 Å². The first kappa shape index (κ1) is 19.3. The molecule has 7 heteroatoms. The van der Waals surface area contributed by atoms with Gasteiger partial charge in [0.2, 0.25) is 5.95 Å². The van der Waals surface area contributed by atoms with Gasteiger partial charge in [-0.15, -0.1) is 11.8 Å². The number of aryl methyl sites for hydroxylation is 1. The Bertz CT molecular complexity index is 1320. The second-order valence-corrected chi connectivity index (χ2v) is 9.49. The number of nitrogens with zero attached hydrogens (tertiary/aromatic N) is 2. The molecule has 0 saturated carbocycles. The van der Waals surface area contributed by atoms with E-state index in [-0.39, 0.29) is 12.0 Å². The number of nitrogens with one attached hydrogen (secondary N) is 2. The van der Waals surface area contributed by atoms with E-state index in [0.717, 1.165) is 33.5 Å². The highest BCUT2D eigenvalue weighted by atomic mass is 32.2. The molecule has 1 fully saturated rings. The molecule has 2 aliphatic rings. The fourth-order valence-electron chi connectivity index (χ4n) is 4.60. The van der Waals surface area contributed by atoms with Crippen molar-refractivity contribution in [1.29, 1.82) is 0 Å². The normalized spacial score (nSPS) is 22.2. The van der Waals surface area contributed by atoms with Gasteiger partial charge in [-0.25, -0.2) is 9.99 Å². The van der Waals surface area contributed by atoms with Gasteiger partial charge in [0.05, 0.1) is 16.8 Å². The van der Waals surface area contributed by atoms with E-state index in [1.165, 1.54) is 0 Å². The molecule has 0 radical (unpaired) electrons. The highest BCUT2D eigenvalue weighted by Crippen LogP contribution is 2.56. The predicted molar refractivity (Wildman–Crippen MR) is 126 cm³/mol. The zero-order valence-corrected chi connectivity index (χ0v) is 18.4. The maximum atomic E-state index is 13.1. The lowest BCUT2D eigenvalue weighted by molar-refractivity contribution is -0.129. The number of aromatic amines is 1. The first-order valence-electron chi connectivity index (χ1n) is 10.6. The molecular formula is C25H22N4O2S. The summed E-state index contributed by atoms with van der Waals surface area (Å²) in [5, 5.41) is 1.75. The van der Waals surface area contributed by atoms with Crippen LogP contribution >= 0.6 is 11.8 Å². The van der Waals surface area contributed by atoms with Crippen LogP contribution < -0.4 is 10.2 Å². The zero-order chi connectivity index (χ0) is 21.7. The van der Waals surface area contributed by atoms with Crippen molar-refractivity contribution in [2.45, 2.75) is 24.3 Å². The number of H-pyrrole nitrogens is 1. The molecule has 2 atom stereocenters. The quantitative estimate of drug-likeness (QED) is 0.459. The molecule has 1 amide bonds. The van der Waals surface area contributed by atoms with Crippen molar-refractivity contribution in [3.63, 3.8) is 0 Å². The van der Waals surface area contributed by atoms with Gasteiger partial charge in [0, 0.05) is 12.0 Å². The number of fused-ring (bicyclic) bond motifs is 3. The van der Waals surface area contributed by atoms with E-state index in [9.17, 15) is 4.79 Å². The third kappa shape index (κ3) is 3.04. The summed E-state index contributed by atoms with van der Waals surface area (Å²) in [4.78, 5) is 20.5. The van der Waals surface area contributed by atoms with E-state index in [1.807, 2.05) is 55.5 Å². The Morgan fingerprint density at radius 2 is 1.94 bits per heavy atom. The van der Waals surface area contributed by atoms with Crippen LogP contribution in [0, 0.1) is 6.92 Å². The number of thioether (sulfide) groups is 1. The van der Waals surface area contributed by atoms with Crippen LogP contribution in [0.1, 0.15) is 29.2 Å². The molecule has 6 rings (SSSR count). The number of aromatic nitrogens is 2. The molecule has 3 aromatic carbocycles. The van der Waals surface area contributed by atoms with Crippen molar-refractivity contribution < 1.29 is 9.53 Å². The van der Waals surface area contributed by atoms with Crippen LogP contribution in [0.25, 0.3) is 11.0 Å². The van der Waals surface area contributed by atoms with E-state index >= 15 is 0 Å². The smallest absolute Gasteiger partial charge is 0.252 e. The number of rotatable bonds is 3. The van der Waals surface area contributed by atoms with Gasteiger partial charge in [-0.05, 0) is 36.2 Å². The van der Waals surface area contributed by atoms with Gasteiger partial charge in [-0.1, -0.05) is 54.6 Å². The molecule has 2 unspecified atom stereocenters. The summed E-state index contributed by atoms with van der Waals surface area (Å²) in [6.45, 7) is 2.05. The summed E-state index contributed by atoms with van der Waals surface area (Å²) >= 11 is 1.64. The maximum absolute atomic E-state index is 13.1. The number of anilines is 1. The molecule has 6 nitrogen and oxygen atoms in total. The van der Waals surface area contributed by atoms with Crippen molar-refractivity contribution in [2.24, 2.45) is 0 Å². The summed E-state index contributed by atoms with van der Waals surface area (Å²) in [5.41, 5.74) is 8.37. The standard InChI is InChI=1S/C25H22N4O2S/c1-16-11-12-19-20(13-16)27-24(26-19)28-29-23(30)15-32-25(29)14-22(17-7-3-2-4-8-17)31-21-10-6-5-9-18(21)25/h2-13,22H,14-15H2,1H3,(H2,26,27,28). The van der Waals surface area contributed by atoms with Crippen LogP contribution in [0.4, 0.5) is 5.95 Å². The van der Waals surface area contributed by atoms with E-state index in [4.69, 9.17) is 4.74 Å². The van der Waals surface area contributed by atoms with Gasteiger partial charge < -0.3 is 9.72 Å². The first-order chi connectivity index (χ1) is 15.6. The highest BCUT2D eigenvalue weighted by Gasteiger charge is 2.53. The van der Waals surface area contributed by atoms with Crippen molar-refractivity contribution in [3.8, 4) is 5.75 Å². The molecule has 4 aromatic rings. The Morgan fingerprint density at radius 1 is 1.12 bits per heavy atom. The molecule has 160 valence electrons. The minimum Gasteiger partial charge on any atom is -0.485 e. The summed E-state index contributed by atoms with van der Waals surface area (Å²) in [7, 11) is 0. The lowest BCUT2D eigenvalue weighted by Crippen LogP contribution is -2.49. The number of para-hydroxylation sites is 1. The van der Waals surface area contributed by atoms with E-state index in [2.05, 4.69) is 39.7 Å². The Labute approximate surface area is 190 Å². The Hall–Kier alpha value is -3.45. The molecule has 0 aliphatic carbocycles. The second-order valence-electron chi connectivity index (χ2n) is 8.24. The highest BCUT2D eigenvalue weighted by molar-refractivity contribution is 8.01. The van der Waals surface area contributed by atoms with Crippen molar-refractivity contribution in [2.75, 3.05) is 11.2 Å².